The summed E-state index contributed by atoms with van der Waals surface area (Å²) in [4.78, 5) is 23.1. The van der Waals surface area contributed by atoms with Crippen LogP contribution < -0.4 is 4.74 Å². The van der Waals surface area contributed by atoms with Crippen LogP contribution in [0.3, 0.4) is 0 Å². The Kier molecular flexibility index (Phi) is 5.87. The summed E-state index contributed by atoms with van der Waals surface area (Å²) < 4.78 is 9.69. The average molecular weight is 321 g/mol. The predicted molar refractivity (Wildman–Crippen MR) is 88.5 cm³/mol. The van der Waals surface area contributed by atoms with E-state index < -0.39 is 5.97 Å². The van der Waals surface area contributed by atoms with E-state index in [0.717, 1.165) is 5.56 Å². The Bertz CT molecular complexity index is 784. The van der Waals surface area contributed by atoms with Gasteiger partial charge in [-0.05, 0) is 48.0 Å². The van der Waals surface area contributed by atoms with Crippen molar-refractivity contribution >= 4 is 17.8 Å². The number of nitriles is 1. The molecule has 0 fully saturated rings. The van der Waals surface area contributed by atoms with Crippen LogP contribution >= 0.6 is 0 Å². The van der Waals surface area contributed by atoms with E-state index in [1.54, 1.807) is 54.6 Å². The predicted octanol–water partition coefficient (Wildman–Crippen LogP) is 3.01. The monoisotopic (exact) mass is 321 g/mol. The highest BCUT2D eigenvalue weighted by Crippen LogP contribution is 2.14. The highest BCUT2D eigenvalue weighted by atomic mass is 16.6. The van der Waals surface area contributed by atoms with Gasteiger partial charge < -0.3 is 9.47 Å². The number of esters is 1. The van der Waals surface area contributed by atoms with Crippen LogP contribution in [0.25, 0.3) is 6.08 Å². The van der Waals surface area contributed by atoms with E-state index in [2.05, 4.69) is 4.74 Å². The molecular formula is C19H15NO4. The molecule has 0 spiro atoms. The van der Waals surface area contributed by atoms with Gasteiger partial charge in [-0.1, -0.05) is 18.2 Å². The molecule has 2 aromatic rings. The zero-order valence-corrected chi connectivity index (χ0v) is 13.1. The molecule has 5 heteroatoms. The topological polar surface area (TPSA) is 76.4 Å². The molecule has 0 saturated carbocycles. The number of methoxy groups -OCH3 is 1. The first-order valence-corrected chi connectivity index (χ1v) is 7.14. The lowest BCUT2D eigenvalue weighted by Gasteiger charge is -2.04. The maximum atomic E-state index is 12.1. The van der Waals surface area contributed by atoms with Crippen molar-refractivity contribution in [1.82, 2.24) is 0 Å². The third kappa shape index (κ3) is 4.82. The largest absolute Gasteiger partial charge is 0.482 e. The maximum Gasteiger partial charge on any atom is 0.343 e. The number of rotatable bonds is 6. The van der Waals surface area contributed by atoms with Crippen molar-refractivity contribution in [2.75, 3.05) is 13.7 Å². The molecule has 0 N–H and O–H groups in total. The molecule has 120 valence electrons. The summed E-state index contributed by atoms with van der Waals surface area (Å²) in [5, 5.41) is 8.74. The van der Waals surface area contributed by atoms with Crippen molar-refractivity contribution in [1.29, 1.82) is 5.26 Å². The van der Waals surface area contributed by atoms with E-state index >= 15 is 0 Å². The van der Waals surface area contributed by atoms with Gasteiger partial charge in [-0.25, -0.2) is 4.79 Å². The quantitative estimate of drug-likeness (QED) is 0.464. The standard InChI is InChI=1S/C19H15NO4/c1-23-19(22)13-24-17-9-7-16(8-10-17)18(21)11-6-14-2-4-15(12-20)5-3-14/h2-11H,13H2,1H3/b11-6+. The van der Waals surface area contributed by atoms with Crippen molar-refractivity contribution < 1.29 is 19.1 Å². The first-order valence-electron chi connectivity index (χ1n) is 7.14. The fourth-order valence-electron chi connectivity index (χ4n) is 1.85. The van der Waals surface area contributed by atoms with E-state index in [1.807, 2.05) is 6.07 Å². The molecule has 0 aliphatic heterocycles. The van der Waals surface area contributed by atoms with E-state index in [0.29, 0.717) is 16.9 Å². The Balaban J connectivity index is 1.97. The number of hydrogen-bond donors (Lipinski definition) is 0. The van der Waals surface area contributed by atoms with Crippen molar-refractivity contribution in [2.24, 2.45) is 0 Å². The molecule has 0 atom stereocenters. The molecule has 2 rings (SSSR count). The van der Waals surface area contributed by atoms with Gasteiger partial charge >= 0.3 is 5.97 Å². The lowest BCUT2D eigenvalue weighted by Crippen LogP contribution is -2.12. The lowest BCUT2D eigenvalue weighted by molar-refractivity contribution is -0.142. The van der Waals surface area contributed by atoms with Crippen molar-refractivity contribution in [3.05, 3.63) is 71.3 Å². The number of allylic oxidation sites excluding steroid dienone is 1. The Hall–Kier alpha value is -3.39. The maximum absolute atomic E-state index is 12.1. The van der Waals surface area contributed by atoms with Crippen LogP contribution in [0, 0.1) is 11.3 Å². The van der Waals surface area contributed by atoms with Crippen molar-refractivity contribution in [3.63, 3.8) is 0 Å². The molecular weight excluding hydrogens is 306 g/mol. The Morgan fingerprint density at radius 2 is 1.75 bits per heavy atom. The smallest absolute Gasteiger partial charge is 0.343 e. The number of nitrogens with zero attached hydrogens (tertiary/aromatic N) is 1. The van der Waals surface area contributed by atoms with Gasteiger partial charge in [0.2, 0.25) is 0 Å². The molecule has 0 saturated heterocycles. The first kappa shape index (κ1) is 17.0. The highest BCUT2D eigenvalue weighted by molar-refractivity contribution is 6.06. The lowest BCUT2D eigenvalue weighted by atomic mass is 10.1. The van der Waals surface area contributed by atoms with Gasteiger partial charge in [0, 0.05) is 5.56 Å². The van der Waals surface area contributed by atoms with E-state index in [-0.39, 0.29) is 12.4 Å². The normalized spacial score (nSPS) is 10.2. The Morgan fingerprint density at radius 3 is 2.33 bits per heavy atom. The van der Waals surface area contributed by atoms with E-state index in [4.69, 9.17) is 10.00 Å². The summed E-state index contributed by atoms with van der Waals surface area (Å²) in [5.74, 6) is -0.146. The fourth-order valence-corrected chi connectivity index (χ4v) is 1.85. The van der Waals surface area contributed by atoms with Crippen LogP contribution in [-0.4, -0.2) is 25.5 Å². The molecule has 0 radical (unpaired) electrons. The molecule has 24 heavy (non-hydrogen) atoms. The molecule has 0 aliphatic rings. The number of carbonyl (C=O) groups excluding carboxylic acids is 2. The molecule has 2 aromatic carbocycles. The highest BCUT2D eigenvalue weighted by Gasteiger charge is 2.04. The second-order valence-corrected chi connectivity index (χ2v) is 4.82. The summed E-state index contributed by atoms with van der Waals surface area (Å²) in [7, 11) is 1.29. The number of ketones is 1. The van der Waals surface area contributed by atoms with Gasteiger partial charge in [0.05, 0.1) is 18.7 Å². The zero-order valence-electron chi connectivity index (χ0n) is 13.1. The number of carbonyl (C=O) groups is 2. The molecule has 5 nitrogen and oxygen atoms in total. The summed E-state index contributed by atoms with van der Waals surface area (Å²) in [6, 6.07) is 15.4. The van der Waals surface area contributed by atoms with E-state index in [9.17, 15) is 9.59 Å². The summed E-state index contributed by atoms with van der Waals surface area (Å²) in [6.45, 7) is -0.178. The van der Waals surface area contributed by atoms with Crippen molar-refractivity contribution in [3.8, 4) is 11.8 Å². The van der Waals surface area contributed by atoms with Crippen LogP contribution in [0.1, 0.15) is 21.5 Å². The molecule has 0 bridgehead atoms. The average Bonchev–Trinajstić information content (AvgIpc) is 2.64. The molecule has 0 heterocycles. The number of hydrogen-bond acceptors (Lipinski definition) is 5. The van der Waals surface area contributed by atoms with Gasteiger partial charge in [0.25, 0.3) is 0 Å². The zero-order chi connectivity index (χ0) is 17.4. The minimum absolute atomic E-state index is 0.154. The summed E-state index contributed by atoms with van der Waals surface area (Å²) in [5.41, 5.74) is 1.91. The third-order valence-electron chi connectivity index (χ3n) is 3.19. The third-order valence-corrected chi connectivity index (χ3v) is 3.19. The van der Waals surface area contributed by atoms with Crippen LogP contribution in [0.4, 0.5) is 0 Å². The van der Waals surface area contributed by atoms with E-state index in [1.165, 1.54) is 13.2 Å². The minimum atomic E-state index is -0.472. The van der Waals surface area contributed by atoms with Crippen LogP contribution in [0.5, 0.6) is 5.75 Å². The SMILES string of the molecule is COC(=O)COc1ccc(C(=O)/C=C/c2ccc(C#N)cc2)cc1. The van der Waals surface area contributed by atoms with Crippen LogP contribution in [0.2, 0.25) is 0 Å². The van der Waals surface area contributed by atoms with Gasteiger partial charge in [0.1, 0.15) is 5.75 Å². The Morgan fingerprint density at radius 1 is 1.08 bits per heavy atom. The van der Waals surface area contributed by atoms with Gasteiger partial charge in [-0.15, -0.1) is 0 Å². The molecule has 0 aromatic heterocycles. The fraction of sp³-hybridized carbons (Fsp3) is 0.105. The summed E-state index contributed by atoms with van der Waals surface area (Å²) in [6.07, 6.45) is 3.15. The van der Waals surface area contributed by atoms with Gasteiger partial charge in [0.15, 0.2) is 12.4 Å². The van der Waals surface area contributed by atoms with Crippen LogP contribution in [-0.2, 0) is 9.53 Å². The second-order valence-electron chi connectivity index (χ2n) is 4.82. The molecule has 0 amide bonds. The summed E-state index contributed by atoms with van der Waals surface area (Å²) >= 11 is 0. The number of ether oxygens (including phenoxy) is 2. The van der Waals surface area contributed by atoms with Gasteiger partial charge in [-0.2, -0.15) is 5.26 Å². The second kappa shape index (κ2) is 8.30. The minimum Gasteiger partial charge on any atom is -0.482 e. The Labute approximate surface area is 139 Å². The number of benzene rings is 2. The first-order chi connectivity index (χ1) is 11.6. The molecule has 0 aliphatic carbocycles. The van der Waals surface area contributed by atoms with Crippen molar-refractivity contribution in [2.45, 2.75) is 0 Å². The van der Waals surface area contributed by atoms with Gasteiger partial charge in [-0.3, -0.25) is 4.79 Å². The molecule has 0 unspecified atom stereocenters. The van der Waals surface area contributed by atoms with Crippen LogP contribution in [0.15, 0.2) is 54.6 Å².